The summed E-state index contributed by atoms with van der Waals surface area (Å²) in [6.07, 6.45) is 2.60. The standard InChI is InChI=1S/C14H16N2O/c1-11-10-13(5-6-14(11)15)17-9-7-12-4-2-3-8-16-12/h2-6,8,10H,7,9,15H2,1H3. The molecule has 0 fully saturated rings. The van der Waals surface area contributed by atoms with E-state index in [-0.39, 0.29) is 0 Å². The molecule has 0 spiro atoms. The Kier molecular flexibility index (Phi) is 3.60. The molecule has 0 saturated carbocycles. The zero-order chi connectivity index (χ0) is 12.1. The van der Waals surface area contributed by atoms with Crippen molar-refractivity contribution in [2.24, 2.45) is 0 Å². The predicted octanol–water partition coefficient (Wildman–Crippen LogP) is 2.59. The molecule has 0 aliphatic heterocycles. The number of ether oxygens (including phenoxy) is 1. The molecule has 0 aliphatic carbocycles. The zero-order valence-electron chi connectivity index (χ0n) is 9.89. The van der Waals surface area contributed by atoms with Gasteiger partial charge < -0.3 is 10.5 Å². The monoisotopic (exact) mass is 228 g/mol. The van der Waals surface area contributed by atoms with E-state index in [2.05, 4.69) is 4.98 Å². The maximum atomic E-state index is 5.74. The number of rotatable bonds is 4. The smallest absolute Gasteiger partial charge is 0.119 e. The molecule has 0 aliphatic rings. The molecule has 2 N–H and O–H groups in total. The topological polar surface area (TPSA) is 48.1 Å². The zero-order valence-corrected chi connectivity index (χ0v) is 9.89. The Bertz CT molecular complexity index is 483. The molecule has 1 heterocycles. The highest BCUT2D eigenvalue weighted by atomic mass is 16.5. The van der Waals surface area contributed by atoms with Crippen molar-refractivity contribution >= 4 is 5.69 Å². The molecule has 3 heteroatoms. The van der Waals surface area contributed by atoms with Crippen LogP contribution in [0.2, 0.25) is 0 Å². The minimum Gasteiger partial charge on any atom is -0.493 e. The summed E-state index contributed by atoms with van der Waals surface area (Å²) in [4.78, 5) is 4.24. The Morgan fingerprint density at radius 3 is 2.82 bits per heavy atom. The second-order valence-corrected chi connectivity index (χ2v) is 3.94. The number of nitrogen functional groups attached to an aromatic ring is 1. The number of aryl methyl sites for hydroxylation is 1. The molecule has 0 unspecified atom stereocenters. The highest BCUT2D eigenvalue weighted by Gasteiger charge is 1.98. The SMILES string of the molecule is Cc1cc(OCCc2ccccn2)ccc1N. The van der Waals surface area contributed by atoms with Crippen LogP contribution in [0.1, 0.15) is 11.3 Å². The molecule has 0 saturated heterocycles. The normalized spacial score (nSPS) is 10.2. The van der Waals surface area contributed by atoms with Gasteiger partial charge in [-0.2, -0.15) is 0 Å². The molecule has 1 aromatic carbocycles. The highest BCUT2D eigenvalue weighted by Crippen LogP contribution is 2.18. The van der Waals surface area contributed by atoms with Crippen molar-refractivity contribution < 1.29 is 4.74 Å². The maximum Gasteiger partial charge on any atom is 0.119 e. The van der Waals surface area contributed by atoms with Crippen LogP contribution >= 0.6 is 0 Å². The number of nitrogens with zero attached hydrogens (tertiary/aromatic N) is 1. The van der Waals surface area contributed by atoms with Crippen LogP contribution in [0, 0.1) is 6.92 Å². The van der Waals surface area contributed by atoms with Crippen LogP contribution in [0.15, 0.2) is 42.6 Å². The lowest BCUT2D eigenvalue weighted by Gasteiger charge is -2.07. The summed E-state index contributed by atoms with van der Waals surface area (Å²) in [5, 5.41) is 0. The van der Waals surface area contributed by atoms with Crippen LogP contribution in [-0.4, -0.2) is 11.6 Å². The number of anilines is 1. The molecule has 0 bridgehead atoms. The minimum atomic E-state index is 0.625. The van der Waals surface area contributed by atoms with Gasteiger partial charge >= 0.3 is 0 Å². The first kappa shape index (κ1) is 11.5. The number of aromatic nitrogens is 1. The Labute approximate surface area is 101 Å². The Morgan fingerprint density at radius 2 is 2.12 bits per heavy atom. The number of hydrogen-bond donors (Lipinski definition) is 1. The molecule has 0 radical (unpaired) electrons. The first-order valence-electron chi connectivity index (χ1n) is 5.64. The van der Waals surface area contributed by atoms with Gasteiger partial charge in [0.2, 0.25) is 0 Å². The van der Waals surface area contributed by atoms with Crippen LogP contribution in [0.5, 0.6) is 5.75 Å². The fourth-order valence-electron chi connectivity index (χ4n) is 1.56. The highest BCUT2D eigenvalue weighted by molar-refractivity contribution is 5.49. The third kappa shape index (κ3) is 3.21. The minimum absolute atomic E-state index is 0.625. The first-order chi connectivity index (χ1) is 8.25. The van der Waals surface area contributed by atoms with E-state index in [1.807, 2.05) is 43.3 Å². The summed E-state index contributed by atoms with van der Waals surface area (Å²) in [6.45, 7) is 2.60. The average Bonchev–Trinajstić information content (AvgIpc) is 2.35. The van der Waals surface area contributed by atoms with Crippen LogP contribution in [-0.2, 0) is 6.42 Å². The lowest BCUT2D eigenvalue weighted by atomic mass is 10.2. The summed E-state index contributed by atoms with van der Waals surface area (Å²) in [5.41, 5.74) is 8.62. The van der Waals surface area contributed by atoms with Crippen LogP contribution in [0.25, 0.3) is 0 Å². The van der Waals surface area contributed by atoms with E-state index in [0.717, 1.165) is 29.1 Å². The first-order valence-corrected chi connectivity index (χ1v) is 5.64. The van der Waals surface area contributed by atoms with Gasteiger partial charge in [-0.25, -0.2) is 0 Å². The maximum absolute atomic E-state index is 5.74. The molecule has 0 amide bonds. The van der Waals surface area contributed by atoms with Gasteiger partial charge in [-0.05, 0) is 42.8 Å². The molecule has 2 rings (SSSR count). The number of benzene rings is 1. The molecular formula is C14H16N2O. The average molecular weight is 228 g/mol. The van der Waals surface area contributed by atoms with Crippen molar-refractivity contribution in [1.29, 1.82) is 0 Å². The second-order valence-electron chi connectivity index (χ2n) is 3.94. The van der Waals surface area contributed by atoms with Gasteiger partial charge in [0.05, 0.1) is 6.61 Å². The molecule has 17 heavy (non-hydrogen) atoms. The van der Waals surface area contributed by atoms with Gasteiger partial charge in [0.15, 0.2) is 0 Å². The van der Waals surface area contributed by atoms with Crippen LogP contribution < -0.4 is 10.5 Å². The Balaban J connectivity index is 1.88. The van der Waals surface area contributed by atoms with Gasteiger partial charge in [-0.1, -0.05) is 6.07 Å². The summed E-state index contributed by atoms with van der Waals surface area (Å²) < 4.78 is 5.65. The third-order valence-corrected chi connectivity index (χ3v) is 2.59. The number of pyridine rings is 1. The van der Waals surface area contributed by atoms with E-state index < -0.39 is 0 Å². The van der Waals surface area contributed by atoms with Gasteiger partial charge in [0.1, 0.15) is 5.75 Å². The van der Waals surface area contributed by atoms with E-state index >= 15 is 0 Å². The van der Waals surface area contributed by atoms with E-state index in [1.54, 1.807) is 6.20 Å². The molecule has 0 atom stereocenters. The molecular weight excluding hydrogens is 212 g/mol. The number of nitrogens with two attached hydrogens (primary N) is 1. The van der Waals surface area contributed by atoms with Crippen molar-refractivity contribution in [3.05, 3.63) is 53.9 Å². The van der Waals surface area contributed by atoms with Gasteiger partial charge in [-0.15, -0.1) is 0 Å². The van der Waals surface area contributed by atoms with Crippen molar-refractivity contribution in [3.63, 3.8) is 0 Å². The third-order valence-electron chi connectivity index (χ3n) is 2.59. The van der Waals surface area contributed by atoms with Crippen molar-refractivity contribution in [2.75, 3.05) is 12.3 Å². The van der Waals surface area contributed by atoms with Crippen molar-refractivity contribution in [1.82, 2.24) is 4.98 Å². The lowest BCUT2D eigenvalue weighted by Crippen LogP contribution is -2.03. The van der Waals surface area contributed by atoms with E-state index in [1.165, 1.54) is 0 Å². The second kappa shape index (κ2) is 5.34. The summed E-state index contributed by atoms with van der Waals surface area (Å²) >= 11 is 0. The molecule has 2 aromatic rings. The van der Waals surface area contributed by atoms with E-state index in [0.29, 0.717) is 6.61 Å². The quantitative estimate of drug-likeness (QED) is 0.818. The Hall–Kier alpha value is -2.03. The lowest BCUT2D eigenvalue weighted by molar-refractivity contribution is 0.320. The summed E-state index contributed by atoms with van der Waals surface area (Å²) in [7, 11) is 0. The fourth-order valence-corrected chi connectivity index (χ4v) is 1.56. The van der Waals surface area contributed by atoms with Crippen LogP contribution in [0.3, 0.4) is 0 Å². The van der Waals surface area contributed by atoms with Crippen molar-refractivity contribution in [2.45, 2.75) is 13.3 Å². The Morgan fingerprint density at radius 1 is 1.24 bits per heavy atom. The molecule has 3 nitrogen and oxygen atoms in total. The fraction of sp³-hybridized carbons (Fsp3) is 0.214. The number of hydrogen-bond acceptors (Lipinski definition) is 3. The van der Waals surface area contributed by atoms with E-state index in [4.69, 9.17) is 10.5 Å². The molecule has 1 aromatic heterocycles. The molecule has 88 valence electrons. The van der Waals surface area contributed by atoms with Gasteiger partial charge in [0, 0.05) is 24.0 Å². The predicted molar refractivity (Wildman–Crippen MR) is 69.0 cm³/mol. The van der Waals surface area contributed by atoms with Gasteiger partial charge in [-0.3, -0.25) is 4.98 Å². The van der Waals surface area contributed by atoms with E-state index in [9.17, 15) is 0 Å². The van der Waals surface area contributed by atoms with Crippen LogP contribution in [0.4, 0.5) is 5.69 Å². The van der Waals surface area contributed by atoms with Gasteiger partial charge in [0.25, 0.3) is 0 Å². The summed E-state index contributed by atoms with van der Waals surface area (Å²) in [5.74, 6) is 0.854. The largest absolute Gasteiger partial charge is 0.493 e. The van der Waals surface area contributed by atoms with Crippen molar-refractivity contribution in [3.8, 4) is 5.75 Å². The summed E-state index contributed by atoms with van der Waals surface area (Å²) in [6, 6.07) is 11.6.